The summed E-state index contributed by atoms with van der Waals surface area (Å²) in [4.78, 5) is 25.3. The van der Waals surface area contributed by atoms with Gasteiger partial charge in [0.05, 0.1) is 18.3 Å². The van der Waals surface area contributed by atoms with E-state index in [1.54, 1.807) is 13.8 Å². The van der Waals surface area contributed by atoms with E-state index in [0.29, 0.717) is 0 Å². The smallest absolute Gasteiger partial charge is 0.349 e. The number of Topliss-reactive ketones (excluding diaryl/α,β-unsaturated/α-hetero) is 1. The Morgan fingerprint density at radius 1 is 1.08 bits per heavy atom. The zero-order valence-electron chi connectivity index (χ0n) is 24.7. The number of aliphatic hydroxyl groups excluding tert-OH is 1. The molecule has 1 fully saturated rings. The minimum absolute atomic E-state index is 0.00391. The minimum Gasteiger partial charge on any atom is -0.459 e. The third kappa shape index (κ3) is 7.07. The number of esters is 1. The molecule has 1 heterocycles. The van der Waals surface area contributed by atoms with Crippen LogP contribution in [0.4, 0.5) is 0 Å². The number of ketones is 1. The van der Waals surface area contributed by atoms with Crippen LogP contribution in [0.5, 0.6) is 0 Å². The van der Waals surface area contributed by atoms with Crippen molar-refractivity contribution in [3.63, 3.8) is 0 Å². The van der Waals surface area contributed by atoms with Crippen molar-refractivity contribution in [2.75, 3.05) is 7.11 Å². The molecule has 1 aliphatic rings. The van der Waals surface area contributed by atoms with Gasteiger partial charge in [-0.15, -0.1) is 6.58 Å². The first kappa shape index (κ1) is 33.0. The molecule has 36 heavy (non-hydrogen) atoms. The summed E-state index contributed by atoms with van der Waals surface area (Å²) in [5.41, 5.74) is 0. The van der Waals surface area contributed by atoms with E-state index in [9.17, 15) is 14.7 Å². The summed E-state index contributed by atoms with van der Waals surface area (Å²) >= 11 is 0. The molecule has 8 heteroatoms. The maximum atomic E-state index is 13.5. The standard InChI is InChI=1S/C28H52O7Si/c1-14-22-18(4)24(35-36(34-22,27(7,8)9)28(10,11)12)16-21(30)17(3)25(31)19(5)26(33-20(6)29)23(15-2)32-13/h15,17-19,22-26,31H,2,14,16H2,1,3-13H3/t17-,18+,19-,22+,23-,24+,25+,26+/m0/s1. The molecule has 0 radical (unpaired) electrons. The Bertz CT molecular complexity index is 740. The summed E-state index contributed by atoms with van der Waals surface area (Å²) in [6.07, 6.45) is -0.122. The lowest BCUT2D eigenvalue weighted by atomic mass is 9.82. The Hall–Kier alpha value is -1.06. The lowest BCUT2D eigenvalue weighted by Gasteiger charge is -2.57. The average Bonchev–Trinajstić information content (AvgIpc) is 2.77. The first-order valence-electron chi connectivity index (χ1n) is 13.3. The van der Waals surface area contributed by atoms with Gasteiger partial charge in [-0.2, -0.15) is 0 Å². The van der Waals surface area contributed by atoms with E-state index in [1.165, 1.54) is 20.1 Å². The van der Waals surface area contributed by atoms with E-state index in [1.807, 2.05) is 0 Å². The van der Waals surface area contributed by atoms with Gasteiger partial charge in [-0.1, -0.05) is 75.3 Å². The SMILES string of the molecule is C=C[C@H](OC)[C@H](OC(C)=O)[C@@H](C)[C@H](O)[C@@H](C)C(=O)C[C@H]1O[Si](C(C)(C)C)(C(C)(C)C)O[C@H](CC)[C@H]1C. The van der Waals surface area contributed by atoms with Gasteiger partial charge in [0, 0.05) is 48.3 Å². The van der Waals surface area contributed by atoms with Crippen molar-refractivity contribution in [1.82, 2.24) is 0 Å². The predicted molar refractivity (Wildman–Crippen MR) is 145 cm³/mol. The third-order valence-electron chi connectivity index (χ3n) is 7.79. The van der Waals surface area contributed by atoms with E-state index >= 15 is 0 Å². The summed E-state index contributed by atoms with van der Waals surface area (Å²) in [5.74, 6) is -1.76. The number of methoxy groups -OCH3 is 1. The molecule has 0 aromatic carbocycles. The second-order valence-electron chi connectivity index (χ2n) is 12.5. The summed E-state index contributed by atoms with van der Waals surface area (Å²) in [7, 11) is -1.30. The first-order chi connectivity index (χ1) is 16.4. The highest BCUT2D eigenvalue weighted by atomic mass is 28.4. The summed E-state index contributed by atoms with van der Waals surface area (Å²) in [5, 5.41) is 10.8. The third-order valence-corrected chi connectivity index (χ3v) is 13.0. The molecule has 0 amide bonds. The van der Waals surface area contributed by atoms with Gasteiger partial charge in [-0.25, -0.2) is 0 Å². The van der Waals surface area contributed by atoms with Crippen molar-refractivity contribution in [3.05, 3.63) is 12.7 Å². The van der Waals surface area contributed by atoms with Gasteiger partial charge in [-0.3, -0.25) is 9.59 Å². The number of carbonyl (C=O) groups is 2. The van der Waals surface area contributed by atoms with Crippen molar-refractivity contribution >= 4 is 20.3 Å². The second-order valence-corrected chi connectivity index (χ2v) is 17.2. The van der Waals surface area contributed by atoms with E-state index in [2.05, 4.69) is 62.0 Å². The topological polar surface area (TPSA) is 91.3 Å². The quantitative estimate of drug-likeness (QED) is 0.212. The first-order valence-corrected chi connectivity index (χ1v) is 15.1. The monoisotopic (exact) mass is 528 g/mol. The lowest BCUT2D eigenvalue weighted by Crippen LogP contribution is -2.66. The molecule has 0 unspecified atom stereocenters. The van der Waals surface area contributed by atoms with Crippen molar-refractivity contribution in [3.8, 4) is 0 Å². The summed E-state index contributed by atoms with van der Waals surface area (Å²) in [6, 6.07) is 0. The molecule has 0 aromatic heterocycles. The van der Waals surface area contributed by atoms with Crippen molar-refractivity contribution in [2.24, 2.45) is 17.8 Å². The molecular formula is C28H52O7Si. The Kier molecular flexibility index (Phi) is 11.6. The van der Waals surface area contributed by atoms with Crippen LogP contribution in [0.3, 0.4) is 0 Å². The molecule has 210 valence electrons. The highest BCUT2D eigenvalue weighted by molar-refractivity contribution is 6.73. The fraction of sp³-hybridized carbons (Fsp3) is 0.857. The number of hydrogen-bond acceptors (Lipinski definition) is 7. The van der Waals surface area contributed by atoms with Gasteiger partial charge in [0.2, 0.25) is 0 Å². The van der Waals surface area contributed by atoms with Crippen LogP contribution in [0.15, 0.2) is 12.7 Å². The molecule has 0 aliphatic carbocycles. The Morgan fingerprint density at radius 2 is 1.58 bits per heavy atom. The average molecular weight is 529 g/mol. The molecule has 1 rings (SSSR count). The second kappa shape index (κ2) is 12.7. The fourth-order valence-electron chi connectivity index (χ4n) is 5.68. The van der Waals surface area contributed by atoms with Gasteiger partial charge >= 0.3 is 14.5 Å². The van der Waals surface area contributed by atoms with Crippen LogP contribution in [-0.2, 0) is 27.9 Å². The molecule has 0 bridgehead atoms. The largest absolute Gasteiger partial charge is 0.459 e. The van der Waals surface area contributed by atoms with Crippen molar-refractivity contribution in [2.45, 2.75) is 130 Å². The molecule has 0 saturated carbocycles. The van der Waals surface area contributed by atoms with Crippen molar-refractivity contribution in [1.29, 1.82) is 0 Å². The minimum atomic E-state index is -2.79. The van der Waals surface area contributed by atoms with Gasteiger partial charge in [0.25, 0.3) is 0 Å². The zero-order valence-corrected chi connectivity index (χ0v) is 25.7. The number of aliphatic hydroxyl groups is 1. The maximum Gasteiger partial charge on any atom is 0.349 e. The number of rotatable bonds is 11. The van der Waals surface area contributed by atoms with Crippen LogP contribution in [-0.4, -0.2) is 63.0 Å². The van der Waals surface area contributed by atoms with Crippen LogP contribution >= 0.6 is 0 Å². The lowest BCUT2D eigenvalue weighted by molar-refractivity contribution is -0.161. The number of carbonyl (C=O) groups excluding carboxylic acids is 2. The van der Waals surface area contributed by atoms with E-state index in [0.717, 1.165) is 6.42 Å². The van der Waals surface area contributed by atoms with Gasteiger partial charge < -0.3 is 23.4 Å². The van der Waals surface area contributed by atoms with E-state index in [-0.39, 0.29) is 40.4 Å². The van der Waals surface area contributed by atoms with Crippen LogP contribution < -0.4 is 0 Å². The maximum absolute atomic E-state index is 13.5. The molecule has 8 atom stereocenters. The van der Waals surface area contributed by atoms with Crippen LogP contribution in [0.1, 0.15) is 89.0 Å². The molecule has 1 saturated heterocycles. The Balaban J connectivity index is 3.21. The van der Waals surface area contributed by atoms with Crippen molar-refractivity contribution < 1.29 is 33.0 Å². The van der Waals surface area contributed by atoms with Crippen LogP contribution in [0, 0.1) is 17.8 Å². The Labute approximate surface area is 220 Å². The molecule has 1 aliphatic heterocycles. The number of ether oxygens (including phenoxy) is 2. The summed E-state index contributed by atoms with van der Waals surface area (Å²) in [6.45, 7) is 25.8. The van der Waals surface area contributed by atoms with E-state index in [4.69, 9.17) is 18.3 Å². The molecular weight excluding hydrogens is 476 g/mol. The molecule has 1 N–H and O–H groups in total. The van der Waals surface area contributed by atoms with Gasteiger partial charge in [0.15, 0.2) is 0 Å². The normalized spacial score (nSPS) is 26.9. The summed E-state index contributed by atoms with van der Waals surface area (Å²) < 4.78 is 24.6. The molecule has 0 aromatic rings. The van der Waals surface area contributed by atoms with Gasteiger partial charge in [0.1, 0.15) is 18.0 Å². The Morgan fingerprint density at radius 3 is 1.97 bits per heavy atom. The fourth-order valence-corrected chi connectivity index (χ4v) is 10.9. The highest BCUT2D eigenvalue weighted by Crippen LogP contribution is 2.56. The van der Waals surface area contributed by atoms with Crippen LogP contribution in [0.2, 0.25) is 10.1 Å². The van der Waals surface area contributed by atoms with E-state index < -0.39 is 44.7 Å². The zero-order chi connectivity index (χ0) is 28.2. The number of hydrogen-bond donors (Lipinski definition) is 1. The highest BCUT2D eigenvalue weighted by Gasteiger charge is 2.63. The van der Waals surface area contributed by atoms with Gasteiger partial charge in [-0.05, 0) is 6.42 Å². The molecule has 7 nitrogen and oxygen atoms in total. The molecule has 0 spiro atoms. The predicted octanol–water partition coefficient (Wildman–Crippen LogP) is 5.58. The van der Waals surface area contributed by atoms with Crippen LogP contribution in [0.25, 0.3) is 0 Å².